The fourth-order valence-corrected chi connectivity index (χ4v) is 1.83. The van der Waals surface area contributed by atoms with Crippen molar-refractivity contribution in [1.29, 1.82) is 0 Å². The van der Waals surface area contributed by atoms with Gasteiger partial charge in [-0.05, 0) is 30.9 Å². The van der Waals surface area contributed by atoms with Gasteiger partial charge in [-0.3, -0.25) is 0 Å². The van der Waals surface area contributed by atoms with Crippen molar-refractivity contribution in [3.8, 4) is 0 Å². The summed E-state index contributed by atoms with van der Waals surface area (Å²) in [5.41, 5.74) is 3.00. The van der Waals surface area contributed by atoms with Crippen LogP contribution in [0, 0.1) is 0 Å². The summed E-state index contributed by atoms with van der Waals surface area (Å²) in [4.78, 5) is 0. The van der Waals surface area contributed by atoms with E-state index in [1.807, 2.05) is 0 Å². The number of methoxy groups -OCH3 is 1. The molecule has 0 fully saturated rings. The van der Waals surface area contributed by atoms with Gasteiger partial charge in [0.05, 0.1) is 12.9 Å². The third-order valence-corrected chi connectivity index (χ3v) is 2.57. The van der Waals surface area contributed by atoms with Gasteiger partial charge in [0.1, 0.15) is 0 Å². The van der Waals surface area contributed by atoms with Gasteiger partial charge < -0.3 is 4.74 Å². The van der Waals surface area contributed by atoms with Gasteiger partial charge in [0.15, 0.2) is 0 Å². The van der Waals surface area contributed by atoms with Crippen molar-refractivity contribution in [3.63, 3.8) is 0 Å². The van der Waals surface area contributed by atoms with E-state index in [0.29, 0.717) is 0 Å². The molecule has 64 valence electrons. The van der Waals surface area contributed by atoms with Crippen molar-refractivity contribution in [2.75, 3.05) is 7.11 Å². The Kier molecular flexibility index (Phi) is 2.03. The second-order valence-electron chi connectivity index (χ2n) is 3.31. The highest BCUT2D eigenvalue weighted by Gasteiger charge is 2.13. The zero-order chi connectivity index (χ0) is 8.39. The first kappa shape index (κ1) is 7.66. The fourth-order valence-electron chi connectivity index (χ4n) is 1.83. The van der Waals surface area contributed by atoms with Crippen LogP contribution in [0.15, 0.2) is 35.1 Å². The predicted molar refractivity (Wildman–Crippen MR) is 49.7 cm³/mol. The molecule has 0 unspecified atom stereocenters. The second-order valence-corrected chi connectivity index (χ2v) is 3.31. The fraction of sp³-hybridized carbons (Fsp3) is 0.455. The minimum absolute atomic E-state index is 1.09. The molecule has 0 aliphatic heterocycles. The second kappa shape index (κ2) is 3.18. The Bertz CT molecular complexity index is 269. The van der Waals surface area contributed by atoms with E-state index in [1.54, 1.807) is 12.7 Å². The molecule has 0 aromatic carbocycles. The van der Waals surface area contributed by atoms with Gasteiger partial charge in [-0.15, -0.1) is 0 Å². The van der Waals surface area contributed by atoms with Gasteiger partial charge >= 0.3 is 0 Å². The van der Waals surface area contributed by atoms with Crippen LogP contribution in [0.4, 0.5) is 0 Å². The van der Waals surface area contributed by atoms with Crippen LogP contribution in [0.5, 0.6) is 0 Å². The van der Waals surface area contributed by atoms with Crippen molar-refractivity contribution < 1.29 is 4.74 Å². The molecule has 1 heteroatoms. The summed E-state index contributed by atoms with van der Waals surface area (Å²) in [7, 11) is 1.75. The van der Waals surface area contributed by atoms with Crippen LogP contribution < -0.4 is 0 Å². The number of hydrogen-bond donors (Lipinski definition) is 0. The summed E-state index contributed by atoms with van der Waals surface area (Å²) in [6.45, 7) is 0. The highest BCUT2D eigenvalue weighted by Crippen LogP contribution is 2.30. The van der Waals surface area contributed by atoms with E-state index >= 15 is 0 Å². The molecule has 0 aromatic rings. The summed E-state index contributed by atoms with van der Waals surface area (Å²) in [6, 6.07) is 0. The first-order chi connectivity index (χ1) is 5.90. The van der Waals surface area contributed by atoms with Crippen molar-refractivity contribution in [1.82, 2.24) is 0 Å². The molecule has 0 N–H and O–H groups in total. The maximum atomic E-state index is 5.23. The molecule has 0 saturated carbocycles. The summed E-state index contributed by atoms with van der Waals surface area (Å²) in [5.74, 6) is 1.13. The molecule has 2 aliphatic carbocycles. The maximum Gasteiger partial charge on any atom is 0.0964 e. The van der Waals surface area contributed by atoms with Gasteiger partial charge in [-0.1, -0.05) is 17.7 Å². The van der Waals surface area contributed by atoms with Crippen LogP contribution in [-0.4, -0.2) is 7.11 Å². The molecule has 0 aromatic heterocycles. The smallest absolute Gasteiger partial charge is 0.0964 e. The zero-order valence-corrected chi connectivity index (χ0v) is 7.47. The average molecular weight is 162 g/mol. The summed E-state index contributed by atoms with van der Waals surface area (Å²) in [5, 5.41) is 0. The lowest BCUT2D eigenvalue weighted by atomic mass is 9.89. The molecular formula is C11H14O. The number of hydrogen-bond acceptors (Lipinski definition) is 1. The van der Waals surface area contributed by atoms with E-state index in [4.69, 9.17) is 4.74 Å². The highest BCUT2D eigenvalue weighted by atomic mass is 16.5. The Morgan fingerprint density at radius 2 is 2.17 bits per heavy atom. The molecule has 0 bridgehead atoms. The van der Waals surface area contributed by atoms with Crippen molar-refractivity contribution >= 4 is 0 Å². The molecule has 0 spiro atoms. The largest absolute Gasteiger partial charge is 0.501 e. The Balaban J connectivity index is 2.26. The van der Waals surface area contributed by atoms with Crippen LogP contribution in [0.2, 0.25) is 0 Å². The first-order valence-electron chi connectivity index (χ1n) is 4.53. The van der Waals surface area contributed by atoms with Crippen molar-refractivity contribution in [2.45, 2.75) is 25.7 Å². The van der Waals surface area contributed by atoms with Gasteiger partial charge in [0, 0.05) is 6.42 Å². The van der Waals surface area contributed by atoms with Gasteiger partial charge in [-0.2, -0.15) is 0 Å². The number of ether oxygens (including phenoxy) is 1. The van der Waals surface area contributed by atoms with E-state index < -0.39 is 0 Å². The summed E-state index contributed by atoms with van der Waals surface area (Å²) >= 11 is 0. The van der Waals surface area contributed by atoms with Gasteiger partial charge in [-0.25, -0.2) is 0 Å². The minimum Gasteiger partial charge on any atom is -0.501 e. The van der Waals surface area contributed by atoms with Crippen molar-refractivity contribution in [3.05, 3.63) is 35.1 Å². The Hall–Kier alpha value is -0.980. The van der Waals surface area contributed by atoms with Crippen LogP contribution in [0.1, 0.15) is 25.7 Å². The Labute approximate surface area is 73.4 Å². The third kappa shape index (κ3) is 1.31. The molecule has 1 nitrogen and oxygen atoms in total. The summed E-state index contributed by atoms with van der Waals surface area (Å²) < 4.78 is 5.23. The SMILES string of the molecule is COC1=CC2=C(CCC=C2)CC1. The van der Waals surface area contributed by atoms with Crippen LogP contribution in [-0.2, 0) is 4.74 Å². The number of rotatable bonds is 1. The maximum absolute atomic E-state index is 5.23. The monoisotopic (exact) mass is 162 g/mol. The topological polar surface area (TPSA) is 9.23 Å². The van der Waals surface area contributed by atoms with E-state index in [9.17, 15) is 0 Å². The van der Waals surface area contributed by atoms with Gasteiger partial charge in [0.2, 0.25) is 0 Å². The predicted octanol–water partition coefficient (Wildman–Crippen LogP) is 2.96. The average Bonchev–Trinajstić information content (AvgIpc) is 2.17. The molecule has 0 radical (unpaired) electrons. The molecule has 2 aliphatic rings. The minimum atomic E-state index is 1.09. The molecule has 0 saturated heterocycles. The van der Waals surface area contributed by atoms with Crippen molar-refractivity contribution in [2.24, 2.45) is 0 Å². The molecule has 2 rings (SSSR count). The van der Waals surface area contributed by atoms with E-state index in [-0.39, 0.29) is 0 Å². The standard InChI is InChI=1S/C11H14O/c1-12-11-7-6-9-4-2-3-5-10(9)8-11/h3,5,8H,2,4,6-7H2,1H3. The van der Waals surface area contributed by atoms with Crippen LogP contribution in [0.25, 0.3) is 0 Å². The van der Waals surface area contributed by atoms with Crippen LogP contribution in [0.3, 0.4) is 0 Å². The lowest BCUT2D eigenvalue weighted by Crippen LogP contribution is -2.02. The van der Waals surface area contributed by atoms with E-state index in [1.165, 1.54) is 24.8 Å². The van der Waals surface area contributed by atoms with E-state index in [0.717, 1.165) is 12.2 Å². The molecule has 12 heavy (non-hydrogen) atoms. The van der Waals surface area contributed by atoms with Gasteiger partial charge in [0.25, 0.3) is 0 Å². The lowest BCUT2D eigenvalue weighted by Gasteiger charge is -2.19. The number of allylic oxidation sites excluding steroid dienone is 6. The quantitative estimate of drug-likeness (QED) is 0.576. The normalized spacial score (nSPS) is 21.9. The Morgan fingerprint density at radius 1 is 1.25 bits per heavy atom. The lowest BCUT2D eigenvalue weighted by molar-refractivity contribution is 0.274. The molecular weight excluding hydrogens is 148 g/mol. The van der Waals surface area contributed by atoms with E-state index in [2.05, 4.69) is 18.2 Å². The first-order valence-corrected chi connectivity index (χ1v) is 4.53. The van der Waals surface area contributed by atoms with Crippen LogP contribution >= 0.6 is 0 Å². The molecule has 0 atom stereocenters. The molecule has 0 heterocycles. The zero-order valence-electron chi connectivity index (χ0n) is 7.47. The third-order valence-electron chi connectivity index (χ3n) is 2.57. The molecule has 0 amide bonds. The summed E-state index contributed by atoms with van der Waals surface area (Å²) in [6.07, 6.45) is 11.4. The highest BCUT2D eigenvalue weighted by molar-refractivity contribution is 5.41. The Morgan fingerprint density at radius 3 is 3.00 bits per heavy atom.